The highest BCUT2D eigenvalue weighted by Crippen LogP contribution is 2.46. The number of hydrogen-bond donors (Lipinski definition) is 2. The third-order valence-electron chi connectivity index (χ3n) is 3.49. The van der Waals surface area contributed by atoms with Crippen LogP contribution in [0, 0.1) is 0 Å². The average molecular weight is 334 g/mol. The molecule has 0 saturated carbocycles. The van der Waals surface area contributed by atoms with Gasteiger partial charge in [-0.3, -0.25) is 4.79 Å². The summed E-state index contributed by atoms with van der Waals surface area (Å²) in [5, 5.41) is 20.2. The Morgan fingerprint density at radius 3 is 1.96 bits per heavy atom. The van der Waals surface area contributed by atoms with Crippen molar-refractivity contribution in [1.29, 1.82) is 0 Å². The lowest BCUT2D eigenvalue weighted by molar-refractivity contribution is 0.103. The molecule has 7 heteroatoms. The third kappa shape index (κ3) is 2.88. The zero-order valence-corrected chi connectivity index (χ0v) is 13.7. The normalized spacial score (nSPS) is 10.2. The van der Waals surface area contributed by atoms with E-state index in [0.29, 0.717) is 0 Å². The highest BCUT2D eigenvalue weighted by Gasteiger charge is 2.25. The van der Waals surface area contributed by atoms with Gasteiger partial charge in [-0.05, 0) is 24.3 Å². The summed E-state index contributed by atoms with van der Waals surface area (Å²) in [4.78, 5) is 12.7. The minimum atomic E-state index is -0.523. The molecule has 128 valence electrons. The van der Waals surface area contributed by atoms with Crippen LogP contribution in [0.4, 0.5) is 0 Å². The van der Waals surface area contributed by atoms with Gasteiger partial charge in [0.25, 0.3) is 0 Å². The number of aromatic hydroxyl groups is 2. The van der Waals surface area contributed by atoms with E-state index in [9.17, 15) is 15.0 Å². The fraction of sp³-hybridized carbons (Fsp3) is 0.235. The molecule has 0 unspecified atom stereocenters. The third-order valence-corrected chi connectivity index (χ3v) is 3.49. The highest BCUT2D eigenvalue weighted by atomic mass is 16.5. The van der Waals surface area contributed by atoms with E-state index in [-0.39, 0.29) is 45.6 Å². The van der Waals surface area contributed by atoms with Crippen molar-refractivity contribution in [3.63, 3.8) is 0 Å². The molecular weight excluding hydrogens is 316 g/mol. The first-order valence-electron chi connectivity index (χ1n) is 6.92. The van der Waals surface area contributed by atoms with Crippen molar-refractivity contribution in [2.75, 3.05) is 28.4 Å². The maximum atomic E-state index is 12.7. The van der Waals surface area contributed by atoms with Gasteiger partial charge in [-0.1, -0.05) is 0 Å². The predicted molar refractivity (Wildman–Crippen MR) is 85.9 cm³/mol. The van der Waals surface area contributed by atoms with Crippen molar-refractivity contribution in [2.45, 2.75) is 0 Å². The smallest absolute Gasteiger partial charge is 0.207 e. The van der Waals surface area contributed by atoms with Crippen LogP contribution in [0.15, 0.2) is 24.3 Å². The summed E-state index contributed by atoms with van der Waals surface area (Å²) in [6, 6.07) is 5.53. The molecule has 0 fully saturated rings. The Hall–Kier alpha value is -3.09. The Labute approximate surface area is 139 Å². The molecule has 0 radical (unpaired) electrons. The summed E-state index contributed by atoms with van der Waals surface area (Å²) in [7, 11) is 5.54. The van der Waals surface area contributed by atoms with E-state index in [1.54, 1.807) is 0 Å². The van der Waals surface area contributed by atoms with E-state index in [2.05, 4.69) is 0 Å². The number of benzene rings is 2. The summed E-state index contributed by atoms with van der Waals surface area (Å²) in [6.45, 7) is 0. The van der Waals surface area contributed by atoms with Crippen molar-refractivity contribution in [2.24, 2.45) is 0 Å². The van der Waals surface area contributed by atoms with Crippen LogP contribution in [0.5, 0.6) is 34.5 Å². The summed E-state index contributed by atoms with van der Waals surface area (Å²) in [5.74, 6) is -0.464. The largest absolute Gasteiger partial charge is 0.504 e. The van der Waals surface area contributed by atoms with Gasteiger partial charge in [-0.25, -0.2) is 0 Å². The van der Waals surface area contributed by atoms with Gasteiger partial charge in [-0.2, -0.15) is 0 Å². The van der Waals surface area contributed by atoms with Crippen molar-refractivity contribution in [3.8, 4) is 34.5 Å². The van der Waals surface area contributed by atoms with Gasteiger partial charge in [-0.15, -0.1) is 0 Å². The standard InChI is InChI=1S/C17H18O7/c1-21-12-6-5-9(7-11(12)18)14(19)10-8-13(22-2)16(23-3)17(24-4)15(10)20/h5-8,18,20H,1-4H3. The van der Waals surface area contributed by atoms with Gasteiger partial charge >= 0.3 is 0 Å². The number of ketones is 1. The van der Waals surface area contributed by atoms with E-state index < -0.39 is 5.78 Å². The van der Waals surface area contributed by atoms with Gasteiger partial charge in [0.15, 0.2) is 28.8 Å². The first-order valence-corrected chi connectivity index (χ1v) is 6.92. The molecule has 2 rings (SSSR count). The first kappa shape index (κ1) is 17.3. The maximum absolute atomic E-state index is 12.7. The Morgan fingerprint density at radius 1 is 0.833 bits per heavy atom. The van der Waals surface area contributed by atoms with Crippen LogP contribution in [-0.4, -0.2) is 44.4 Å². The molecule has 0 aliphatic heterocycles. The van der Waals surface area contributed by atoms with Crippen LogP contribution in [0.1, 0.15) is 15.9 Å². The molecule has 2 aromatic rings. The SMILES string of the molecule is COc1ccc(C(=O)c2cc(OC)c(OC)c(OC)c2O)cc1O. The fourth-order valence-corrected chi connectivity index (χ4v) is 2.30. The number of phenols is 2. The zero-order chi connectivity index (χ0) is 17.9. The number of rotatable bonds is 6. The van der Waals surface area contributed by atoms with Crippen molar-refractivity contribution in [1.82, 2.24) is 0 Å². The van der Waals surface area contributed by atoms with E-state index in [1.165, 1.54) is 52.7 Å². The maximum Gasteiger partial charge on any atom is 0.207 e. The molecule has 2 aromatic carbocycles. The molecule has 7 nitrogen and oxygen atoms in total. The number of carbonyl (C=O) groups excluding carboxylic acids is 1. The lowest BCUT2D eigenvalue weighted by Crippen LogP contribution is -2.05. The topological polar surface area (TPSA) is 94.5 Å². The van der Waals surface area contributed by atoms with E-state index in [0.717, 1.165) is 0 Å². The predicted octanol–water partition coefficient (Wildman–Crippen LogP) is 2.36. The second-order valence-electron chi connectivity index (χ2n) is 4.76. The molecule has 0 heterocycles. The van der Waals surface area contributed by atoms with Crippen LogP contribution in [0.3, 0.4) is 0 Å². The highest BCUT2D eigenvalue weighted by molar-refractivity contribution is 6.12. The molecule has 0 aromatic heterocycles. The van der Waals surface area contributed by atoms with Gasteiger partial charge in [0.05, 0.1) is 34.0 Å². The number of hydrogen-bond acceptors (Lipinski definition) is 7. The quantitative estimate of drug-likeness (QED) is 0.783. The molecule has 0 amide bonds. The number of carbonyl (C=O) groups is 1. The van der Waals surface area contributed by atoms with E-state index in [1.807, 2.05) is 0 Å². The molecule has 0 saturated heterocycles. The summed E-state index contributed by atoms with van der Waals surface area (Å²) < 4.78 is 20.4. The lowest BCUT2D eigenvalue weighted by Gasteiger charge is -2.16. The minimum Gasteiger partial charge on any atom is -0.504 e. The molecular formula is C17H18O7. The minimum absolute atomic E-state index is 0.0158. The second kappa shape index (κ2) is 6.99. The number of methoxy groups -OCH3 is 4. The molecule has 0 aliphatic carbocycles. The van der Waals surface area contributed by atoms with Gasteiger partial charge < -0.3 is 29.2 Å². The van der Waals surface area contributed by atoms with Gasteiger partial charge in [0, 0.05) is 5.56 Å². The van der Waals surface area contributed by atoms with Crippen LogP contribution >= 0.6 is 0 Å². The molecule has 0 atom stereocenters. The van der Waals surface area contributed by atoms with Crippen molar-refractivity contribution >= 4 is 5.78 Å². The average Bonchev–Trinajstić information content (AvgIpc) is 2.60. The van der Waals surface area contributed by atoms with Crippen LogP contribution in [0.25, 0.3) is 0 Å². The van der Waals surface area contributed by atoms with E-state index >= 15 is 0 Å². The summed E-state index contributed by atoms with van der Waals surface area (Å²) >= 11 is 0. The molecule has 0 aliphatic rings. The molecule has 24 heavy (non-hydrogen) atoms. The Morgan fingerprint density at radius 2 is 1.46 bits per heavy atom. The van der Waals surface area contributed by atoms with Crippen LogP contribution in [-0.2, 0) is 0 Å². The van der Waals surface area contributed by atoms with Crippen LogP contribution < -0.4 is 18.9 Å². The van der Waals surface area contributed by atoms with Crippen molar-refractivity contribution in [3.05, 3.63) is 35.4 Å². The Bertz CT molecular complexity index is 768. The molecule has 0 spiro atoms. The molecule has 0 bridgehead atoms. The number of phenolic OH excluding ortho intramolecular Hbond substituents is 2. The summed E-state index contributed by atoms with van der Waals surface area (Å²) in [6.07, 6.45) is 0. The Balaban J connectivity index is 2.59. The van der Waals surface area contributed by atoms with E-state index in [4.69, 9.17) is 18.9 Å². The monoisotopic (exact) mass is 334 g/mol. The van der Waals surface area contributed by atoms with Crippen molar-refractivity contribution < 1.29 is 34.0 Å². The molecule has 2 N–H and O–H groups in total. The van der Waals surface area contributed by atoms with Gasteiger partial charge in [0.1, 0.15) is 0 Å². The van der Waals surface area contributed by atoms with Gasteiger partial charge in [0.2, 0.25) is 11.5 Å². The Kier molecular flexibility index (Phi) is 5.03. The van der Waals surface area contributed by atoms with Crippen LogP contribution in [0.2, 0.25) is 0 Å². The fourth-order valence-electron chi connectivity index (χ4n) is 2.30. The zero-order valence-electron chi connectivity index (χ0n) is 13.7. The second-order valence-corrected chi connectivity index (χ2v) is 4.76. The first-order chi connectivity index (χ1) is 11.5. The summed E-state index contributed by atoms with van der Waals surface area (Å²) in [5.41, 5.74) is 0.118. The lowest BCUT2D eigenvalue weighted by atomic mass is 10.0. The number of ether oxygens (including phenoxy) is 4.